The number of aliphatic hydroxyl groups excluding tert-OH is 1. The summed E-state index contributed by atoms with van der Waals surface area (Å²) in [5, 5.41) is 17.3. The molecule has 3 rings (SSSR count). The van der Waals surface area contributed by atoms with E-state index in [0.717, 1.165) is 55.9 Å². The van der Waals surface area contributed by atoms with Gasteiger partial charge in [0.05, 0.1) is 6.10 Å². The number of carbonyl (C=O) groups is 1. The molecule has 1 aliphatic heterocycles. The first-order valence-electron chi connectivity index (χ1n) is 13.3. The van der Waals surface area contributed by atoms with E-state index in [9.17, 15) is 9.90 Å². The number of likely N-dealkylation sites (tertiary alicyclic amines) is 1. The lowest BCUT2D eigenvalue weighted by atomic mass is 9.89. The van der Waals surface area contributed by atoms with E-state index in [1.807, 2.05) is 24.3 Å². The summed E-state index contributed by atoms with van der Waals surface area (Å²) >= 11 is 0. The van der Waals surface area contributed by atoms with E-state index >= 15 is 0 Å². The molecule has 35 heavy (non-hydrogen) atoms. The number of piperidine rings is 1. The van der Waals surface area contributed by atoms with Crippen molar-refractivity contribution in [3.63, 3.8) is 0 Å². The third-order valence-electron chi connectivity index (χ3n) is 7.19. The van der Waals surface area contributed by atoms with E-state index in [-0.39, 0.29) is 11.9 Å². The minimum atomic E-state index is -0.506. The summed E-state index contributed by atoms with van der Waals surface area (Å²) in [5.41, 5.74) is 8.84. The quantitative estimate of drug-likeness (QED) is 0.306. The highest BCUT2D eigenvalue weighted by Gasteiger charge is 2.27. The van der Waals surface area contributed by atoms with Gasteiger partial charge in [0.1, 0.15) is 0 Å². The lowest BCUT2D eigenvalue weighted by Crippen LogP contribution is -2.43. The molecule has 5 N–H and O–H groups in total. The van der Waals surface area contributed by atoms with Gasteiger partial charge in [-0.3, -0.25) is 9.69 Å². The molecule has 0 bridgehead atoms. The van der Waals surface area contributed by atoms with Gasteiger partial charge >= 0.3 is 0 Å². The van der Waals surface area contributed by atoms with E-state index in [0.29, 0.717) is 26.1 Å². The first-order valence-corrected chi connectivity index (χ1v) is 13.3. The summed E-state index contributed by atoms with van der Waals surface area (Å²) in [7, 11) is 0. The van der Waals surface area contributed by atoms with Crippen LogP contribution in [-0.2, 0) is 11.2 Å². The van der Waals surface area contributed by atoms with E-state index in [2.05, 4.69) is 52.8 Å². The van der Waals surface area contributed by atoms with Crippen LogP contribution in [0.1, 0.15) is 62.7 Å². The predicted octanol–water partition coefficient (Wildman–Crippen LogP) is 4.11. The van der Waals surface area contributed by atoms with Crippen LogP contribution in [0, 0.1) is 5.92 Å². The van der Waals surface area contributed by atoms with E-state index in [1.54, 1.807) is 0 Å². The number of aliphatic hydroxyl groups is 1. The highest BCUT2D eigenvalue weighted by atomic mass is 16.3. The molecule has 1 aliphatic rings. The van der Waals surface area contributed by atoms with Crippen molar-refractivity contribution in [3.05, 3.63) is 65.7 Å². The first kappa shape index (κ1) is 27.2. The zero-order valence-corrected chi connectivity index (χ0v) is 21.3. The summed E-state index contributed by atoms with van der Waals surface area (Å²) in [5.74, 6) is 0.824. The monoisotopic (exact) mass is 480 g/mol. The molecule has 2 atom stereocenters. The van der Waals surface area contributed by atoms with Crippen molar-refractivity contribution in [2.75, 3.05) is 38.0 Å². The molecule has 6 nitrogen and oxygen atoms in total. The molecule has 0 saturated carbocycles. The van der Waals surface area contributed by atoms with Crippen LogP contribution in [0.25, 0.3) is 0 Å². The number of nitrogens with zero attached hydrogens (tertiary/aromatic N) is 1. The second kappa shape index (κ2) is 14.9. The second-order valence-electron chi connectivity index (χ2n) is 9.85. The second-order valence-corrected chi connectivity index (χ2v) is 9.85. The number of unbranched alkanes of at least 4 members (excludes halogenated alkanes) is 2. The third-order valence-corrected chi connectivity index (χ3v) is 7.19. The number of benzene rings is 2. The van der Waals surface area contributed by atoms with Crippen molar-refractivity contribution < 1.29 is 9.90 Å². The molecular formula is C29H44N4O2. The molecular weight excluding hydrogens is 436 g/mol. The van der Waals surface area contributed by atoms with E-state index in [1.165, 1.54) is 18.4 Å². The van der Waals surface area contributed by atoms with Crippen molar-refractivity contribution in [3.8, 4) is 0 Å². The number of nitrogens with one attached hydrogen (secondary N) is 2. The van der Waals surface area contributed by atoms with Gasteiger partial charge in [0, 0.05) is 31.2 Å². The SMILES string of the molecule is C[C@H]([C@H](O)c1ccc(NCCNC(=O)CCCCCN)cc1)N1CCC(Cc2ccccc2)CC1. The number of hydrogen-bond acceptors (Lipinski definition) is 5. The Hall–Kier alpha value is -2.41. The Labute approximate surface area is 211 Å². The van der Waals surface area contributed by atoms with Crippen LogP contribution in [0.5, 0.6) is 0 Å². The number of carbonyl (C=O) groups excluding carboxylic acids is 1. The maximum absolute atomic E-state index is 11.8. The molecule has 192 valence electrons. The van der Waals surface area contributed by atoms with Crippen molar-refractivity contribution in [1.29, 1.82) is 0 Å². The van der Waals surface area contributed by atoms with E-state index < -0.39 is 6.10 Å². The van der Waals surface area contributed by atoms with Gasteiger partial charge in [-0.15, -0.1) is 0 Å². The number of hydrogen-bond donors (Lipinski definition) is 4. The van der Waals surface area contributed by atoms with Crippen LogP contribution in [-0.4, -0.2) is 54.7 Å². The molecule has 6 heteroatoms. The standard InChI is InChI=1S/C29H44N4O2/c1-23(33-20-15-25(16-21-33)22-24-8-4-2-5-9-24)29(35)26-11-13-27(14-12-26)31-18-19-32-28(34)10-6-3-7-17-30/h2,4-5,8-9,11-14,23,25,29,31,35H,3,6-7,10,15-22,30H2,1H3,(H,32,34)/t23-,29+/m1/s1. The molecule has 0 aromatic heterocycles. The molecule has 2 aromatic rings. The third kappa shape index (κ3) is 9.28. The molecule has 0 aliphatic carbocycles. The molecule has 1 heterocycles. The van der Waals surface area contributed by atoms with Crippen LogP contribution in [0.4, 0.5) is 5.69 Å². The molecule has 0 spiro atoms. The van der Waals surface area contributed by atoms with Crippen LogP contribution in [0.2, 0.25) is 0 Å². The molecule has 2 aromatic carbocycles. The van der Waals surface area contributed by atoms with Gasteiger partial charge in [-0.2, -0.15) is 0 Å². The summed E-state index contributed by atoms with van der Waals surface area (Å²) in [6, 6.07) is 18.9. The number of anilines is 1. The smallest absolute Gasteiger partial charge is 0.220 e. The van der Waals surface area contributed by atoms with Gasteiger partial charge in [-0.25, -0.2) is 0 Å². The fraction of sp³-hybridized carbons (Fsp3) is 0.552. The highest BCUT2D eigenvalue weighted by Crippen LogP contribution is 2.28. The van der Waals surface area contributed by atoms with Crippen LogP contribution >= 0.6 is 0 Å². The predicted molar refractivity (Wildman–Crippen MR) is 144 cm³/mol. The lowest BCUT2D eigenvalue weighted by Gasteiger charge is -2.38. The van der Waals surface area contributed by atoms with Crippen molar-refractivity contribution in [1.82, 2.24) is 10.2 Å². The van der Waals surface area contributed by atoms with Crippen molar-refractivity contribution in [2.24, 2.45) is 11.7 Å². The molecule has 1 amide bonds. The minimum absolute atomic E-state index is 0.0894. The van der Waals surface area contributed by atoms with Crippen LogP contribution in [0.3, 0.4) is 0 Å². The zero-order valence-electron chi connectivity index (χ0n) is 21.3. The van der Waals surface area contributed by atoms with Crippen LogP contribution in [0.15, 0.2) is 54.6 Å². The summed E-state index contributed by atoms with van der Waals surface area (Å²) < 4.78 is 0. The van der Waals surface area contributed by atoms with Gasteiger partial charge < -0.3 is 21.5 Å². The summed E-state index contributed by atoms with van der Waals surface area (Å²) in [6.07, 6.45) is 6.45. The maximum Gasteiger partial charge on any atom is 0.220 e. The average molecular weight is 481 g/mol. The Morgan fingerprint density at radius 3 is 2.43 bits per heavy atom. The Bertz CT molecular complexity index is 851. The zero-order chi connectivity index (χ0) is 24.9. The minimum Gasteiger partial charge on any atom is -0.387 e. The fourth-order valence-corrected chi connectivity index (χ4v) is 4.89. The molecule has 0 unspecified atom stereocenters. The van der Waals surface area contributed by atoms with Gasteiger partial charge in [0.25, 0.3) is 0 Å². The Balaban J connectivity index is 1.35. The number of amides is 1. The van der Waals surface area contributed by atoms with Gasteiger partial charge in [-0.1, -0.05) is 48.9 Å². The Morgan fingerprint density at radius 2 is 1.74 bits per heavy atom. The summed E-state index contributed by atoms with van der Waals surface area (Å²) in [6.45, 7) is 6.16. The molecule has 0 radical (unpaired) electrons. The lowest BCUT2D eigenvalue weighted by molar-refractivity contribution is -0.121. The van der Waals surface area contributed by atoms with Crippen LogP contribution < -0.4 is 16.4 Å². The van der Waals surface area contributed by atoms with Gasteiger partial charge in [0.2, 0.25) is 5.91 Å². The summed E-state index contributed by atoms with van der Waals surface area (Å²) in [4.78, 5) is 14.3. The Morgan fingerprint density at radius 1 is 1.03 bits per heavy atom. The normalized spacial score (nSPS) is 16.5. The van der Waals surface area contributed by atoms with Gasteiger partial charge in [0.15, 0.2) is 0 Å². The molecule has 1 saturated heterocycles. The average Bonchev–Trinajstić information content (AvgIpc) is 2.90. The number of rotatable bonds is 14. The molecule has 1 fully saturated rings. The van der Waals surface area contributed by atoms with Gasteiger partial charge in [-0.05, 0) is 87.8 Å². The Kier molecular flexibility index (Phi) is 11.5. The number of nitrogens with two attached hydrogens (primary N) is 1. The highest BCUT2D eigenvalue weighted by molar-refractivity contribution is 5.75. The fourth-order valence-electron chi connectivity index (χ4n) is 4.89. The largest absolute Gasteiger partial charge is 0.387 e. The maximum atomic E-state index is 11.8. The van der Waals surface area contributed by atoms with E-state index in [4.69, 9.17) is 5.73 Å². The van der Waals surface area contributed by atoms with Crippen molar-refractivity contribution >= 4 is 11.6 Å². The first-order chi connectivity index (χ1) is 17.1. The topological polar surface area (TPSA) is 90.6 Å². The van der Waals surface area contributed by atoms with Crippen molar-refractivity contribution in [2.45, 2.75) is 64.0 Å².